The quantitative estimate of drug-likeness (QED) is 0.659. The van der Waals surface area contributed by atoms with Gasteiger partial charge in [-0.1, -0.05) is 12.1 Å². The van der Waals surface area contributed by atoms with E-state index in [0.29, 0.717) is 5.69 Å². The molecule has 0 saturated carbocycles. The zero-order valence-electron chi connectivity index (χ0n) is 11.5. The first-order valence-corrected chi connectivity index (χ1v) is 6.74. The maximum Gasteiger partial charge on any atom is 0.316 e. The number of nitrogens with two attached hydrogens (primary N) is 1. The highest BCUT2D eigenvalue weighted by Gasteiger charge is 2.23. The van der Waals surface area contributed by atoms with Crippen LogP contribution in [0.4, 0.5) is 10.5 Å². The molecule has 1 saturated heterocycles. The van der Waals surface area contributed by atoms with E-state index in [-0.39, 0.29) is 17.9 Å². The molecule has 3 amide bonds. The van der Waals surface area contributed by atoms with Crippen LogP contribution in [0, 0.1) is 5.92 Å². The van der Waals surface area contributed by atoms with Gasteiger partial charge in [-0.15, -0.1) is 0 Å². The lowest BCUT2D eigenvalue weighted by Crippen LogP contribution is -2.33. The number of amides is 3. The smallest absolute Gasteiger partial charge is 0.316 e. The van der Waals surface area contributed by atoms with Crippen molar-refractivity contribution < 1.29 is 9.59 Å². The fraction of sp³-hybridized carbons (Fsp3) is 0.429. The Morgan fingerprint density at radius 1 is 1.35 bits per heavy atom. The summed E-state index contributed by atoms with van der Waals surface area (Å²) >= 11 is 0. The van der Waals surface area contributed by atoms with E-state index in [1.165, 1.54) is 0 Å². The van der Waals surface area contributed by atoms with Gasteiger partial charge in [0.1, 0.15) is 0 Å². The van der Waals surface area contributed by atoms with Gasteiger partial charge in [-0.2, -0.15) is 0 Å². The number of anilines is 1. The van der Waals surface area contributed by atoms with E-state index in [9.17, 15) is 9.59 Å². The van der Waals surface area contributed by atoms with Crippen LogP contribution in [0.5, 0.6) is 0 Å². The first kappa shape index (κ1) is 14.3. The number of hydrogen-bond donors (Lipinski definition) is 4. The molecule has 0 bridgehead atoms. The molecule has 0 aromatic heterocycles. The van der Waals surface area contributed by atoms with Gasteiger partial charge in [0.2, 0.25) is 5.91 Å². The summed E-state index contributed by atoms with van der Waals surface area (Å²) < 4.78 is 0. The van der Waals surface area contributed by atoms with Crippen LogP contribution in [0.1, 0.15) is 24.9 Å². The third kappa shape index (κ3) is 3.71. The van der Waals surface area contributed by atoms with Gasteiger partial charge in [-0.25, -0.2) is 4.79 Å². The zero-order chi connectivity index (χ0) is 14.5. The van der Waals surface area contributed by atoms with Gasteiger partial charge in [-0.3, -0.25) is 4.79 Å². The Balaban J connectivity index is 1.92. The van der Waals surface area contributed by atoms with Crippen molar-refractivity contribution in [3.8, 4) is 0 Å². The molecule has 0 radical (unpaired) electrons. The van der Waals surface area contributed by atoms with E-state index >= 15 is 0 Å². The van der Waals surface area contributed by atoms with E-state index < -0.39 is 6.03 Å². The largest absolute Gasteiger partial charge is 0.351 e. The van der Waals surface area contributed by atoms with Crippen LogP contribution in [-0.2, 0) is 4.79 Å². The standard InChI is InChI=1S/C14H20N4O2/c1-9(17-13(19)11-6-7-16-8-11)10-2-4-12(5-3-10)18-14(15)20/h2-5,9,11,16H,6-8H2,1H3,(H,17,19)(H3,15,18,20). The summed E-state index contributed by atoms with van der Waals surface area (Å²) in [5.41, 5.74) is 6.67. The molecule has 1 heterocycles. The highest BCUT2D eigenvalue weighted by Crippen LogP contribution is 2.17. The highest BCUT2D eigenvalue weighted by atomic mass is 16.2. The topological polar surface area (TPSA) is 96.2 Å². The van der Waals surface area contributed by atoms with Crippen molar-refractivity contribution in [2.75, 3.05) is 18.4 Å². The van der Waals surface area contributed by atoms with Crippen LogP contribution < -0.4 is 21.7 Å². The molecule has 1 aliphatic rings. The van der Waals surface area contributed by atoms with Crippen molar-refractivity contribution in [1.82, 2.24) is 10.6 Å². The summed E-state index contributed by atoms with van der Waals surface area (Å²) in [5, 5.41) is 8.69. The van der Waals surface area contributed by atoms with E-state index in [1.54, 1.807) is 12.1 Å². The van der Waals surface area contributed by atoms with Gasteiger partial charge in [0.05, 0.1) is 12.0 Å². The number of carbonyl (C=O) groups is 2. The molecule has 6 nitrogen and oxygen atoms in total. The summed E-state index contributed by atoms with van der Waals surface area (Å²) in [6, 6.07) is 6.60. The molecule has 2 unspecified atom stereocenters. The maximum atomic E-state index is 12.0. The minimum absolute atomic E-state index is 0.0632. The number of hydrogen-bond acceptors (Lipinski definition) is 3. The Morgan fingerprint density at radius 3 is 2.60 bits per heavy atom. The second kappa shape index (κ2) is 6.38. The predicted octanol–water partition coefficient (Wildman–Crippen LogP) is 0.964. The lowest BCUT2D eigenvalue weighted by Gasteiger charge is -2.17. The Morgan fingerprint density at radius 2 is 2.05 bits per heavy atom. The first-order valence-electron chi connectivity index (χ1n) is 6.74. The molecule has 2 rings (SSSR count). The lowest BCUT2D eigenvalue weighted by atomic mass is 10.0. The highest BCUT2D eigenvalue weighted by molar-refractivity contribution is 5.87. The van der Waals surface area contributed by atoms with Crippen molar-refractivity contribution in [3.05, 3.63) is 29.8 Å². The summed E-state index contributed by atoms with van der Waals surface area (Å²) in [5.74, 6) is 0.148. The average molecular weight is 276 g/mol. The zero-order valence-corrected chi connectivity index (χ0v) is 11.5. The van der Waals surface area contributed by atoms with Crippen molar-refractivity contribution in [2.24, 2.45) is 11.7 Å². The number of benzene rings is 1. The molecule has 0 spiro atoms. The van der Waals surface area contributed by atoms with Gasteiger partial charge in [0.25, 0.3) is 0 Å². The van der Waals surface area contributed by atoms with Crippen molar-refractivity contribution in [3.63, 3.8) is 0 Å². The Labute approximate surface area is 118 Å². The summed E-state index contributed by atoms with van der Waals surface area (Å²) in [6.07, 6.45) is 0.889. The molecule has 5 N–H and O–H groups in total. The second-order valence-corrected chi connectivity index (χ2v) is 5.03. The van der Waals surface area contributed by atoms with E-state index in [0.717, 1.165) is 25.1 Å². The monoisotopic (exact) mass is 276 g/mol. The van der Waals surface area contributed by atoms with Gasteiger partial charge < -0.3 is 21.7 Å². The molecule has 108 valence electrons. The molecule has 2 atom stereocenters. The van der Waals surface area contributed by atoms with Gasteiger partial charge in [0.15, 0.2) is 0 Å². The van der Waals surface area contributed by atoms with E-state index in [2.05, 4.69) is 16.0 Å². The molecule has 0 aliphatic carbocycles. The molecular weight excluding hydrogens is 256 g/mol. The summed E-state index contributed by atoms with van der Waals surface area (Å²) in [4.78, 5) is 22.7. The minimum atomic E-state index is -0.590. The third-order valence-electron chi connectivity index (χ3n) is 3.47. The molecule has 1 aliphatic heterocycles. The molecule has 1 aromatic rings. The van der Waals surface area contributed by atoms with Crippen LogP contribution >= 0.6 is 0 Å². The summed E-state index contributed by atoms with van der Waals surface area (Å²) in [7, 11) is 0. The second-order valence-electron chi connectivity index (χ2n) is 5.03. The number of rotatable bonds is 4. The number of urea groups is 1. The number of nitrogens with one attached hydrogen (secondary N) is 3. The van der Waals surface area contributed by atoms with Crippen molar-refractivity contribution in [1.29, 1.82) is 0 Å². The number of primary amides is 1. The van der Waals surface area contributed by atoms with Crippen LogP contribution in [0.2, 0.25) is 0 Å². The predicted molar refractivity (Wildman–Crippen MR) is 77.2 cm³/mol. The molecule has 6 heteroatoms. The normalized spacial score (nSPS) is 19.4. The van der Waals surface area contributed by atoms with Gasteiger partial charge >= 0.3 is 6.03 Å². The van der Waals surface area contributed by atoms with Gasteiger partial charge in [-0.05, 0) is 37.6 Å². The molecular formula is C14H20N4O2. The average Bonchev–Trinajstić information content (AvgIpc) is 2.92. The Bertz CT molecular complexity index is 480. The maximum absolute atomic E-state index is 12.0. The molecule has 1 aromatic carbocycles. The third-order valence-corrected chi connectivity index (χ3v) is 3.47. The molecule has 1 fully saturated rings. The number of carbonyl (C=O) groups excluding carboxylic acids is 2. The first-order chi connectivity index (χ1) is 9.56. The van der Waals surface area contributed by atoms with Crippen LogP contribution in [-0.4, -0.2) is 25.0 Å². The SMILES string of the molecule is CC(NC(=O)C1CCNC1)c1ccc(NC(N)=O)cc1. The van der Waals surface area contributed by atoms with Gasteiger partial charge in [0, 0.05) is 12.2 Å². The minimum Gasteiger partial charge on any atom is -0.351 e. The van der Waals surface area contributed by atoms with E-state index in [4.69, 9.17) is 5.73 Å². The van der Waals surface area contributed by atoms with Crippen LogP contribution in [0.15, 0.2) is 24.3 Å². The fourth-order valence-electron chi connectivity index (χ4n) is 2.29. The van der Waals surface area contributed by atoms with Crippen LogP contribution in [0.25, 0.3) is 0 Å². The lowest BCUT2D eigenvalue weighted by molar-refractivity contribution is -0.125. The Hall–Kier alpha value is -2.08. The van der Waals surface area contributed by atoms with Crippen LogP contribution in [0.3, 0.4) is 0 Å². The summed E-state index contributed by atoms with van der Waals surface area (Å²) in [6.45, 7) is 3.59. The van der Waals surface area contributed by atoms with E-state index in [1.807, 2.05) is 19.1 Å². The molecule has 20 heavy (non-hydrogen) atoms. The fourth-order valence-corrected chi connectivity index (χ4v) is 2.29. The van der Waals surface area contributed by atoms with Crippen molar-refractivity contribution in [2.45, 2.75) is 19.4 Å². The Kier molecular flexibility index (Phi) is 4.57. The van der Waals surface area contributed by atoms with Crippen molar-refractivity contribution >= 4 is 17.6 Å².